The molecule has 2 aromatic rings. The van der Waals surface area contributed by atoms with Gasteiger partial charge in [0, 0.05) is 17.7 Å². The lowest BCUT2D eigenvalue weighted by Gasteiger charge is -2.07. The van der Waals surface area contributed by atoms with E-state index in [0.29, 0.717) is 11.1 Å². The van der Waals surface area contributed by atoms with Crippen molar-refractivity contribution in [1.29, 1.82) is 0 Å². The van der Waals surface area contributed by atoms with Crippen LogP contribution < -0.4 is 4.74 Å². The standard InChI is InChI=1S/C15H12N2O6/c1-9-3-5-13(17(21)22)14(7-9)23-15(18)11-4-6-12(16(19)20)10(2)8-11/h3-8H,1-2H3. The second-order valence-electron chi connectivity index (χ2n) is 4.88. The lowest BCUT2D eigenvalue weighted by Crippen LogP contribution is -2.10. The van der Waals surface area contributed by atoms with E-state index in [0.717, 1.165) is 0 Å². The Morgan fingerprint density at radius 1 is 0.957 bits per heavy atom. The van der Waals surface area contributed by atoms with Crippen molar-refractivity contribution in [1.82, 2.24) is 0 Å². The maximum Gasteiger partial charge on any atom is 0.343 e. The summed E-state index contributed by atoms with van der Waals surface area (Å²) in [6, 6.07) is 7.91. The summed E-state index contributed by atoms with van der Waals surface area (Å²) in [5, 5.41) is 21.7. The Balaban J connectivity index is 2.33. The first-order valence-electron chi connectivity index (χ1n) is 6.52. The Labute approximate surface area is 130 Å². The number of aryl methyl sites for hydroxylation is 2. The number of rotatable bonds is 4. The van der Waals surface area contributed by atoms with Crippen molar-refractivity contribution in [2.45, 2.75) is 13.8 Å². The van der Waals surface area contributed by atoms with Crippen molar-refractivity contribution in [3.8, 4) is 5.75 Å². The van der Waals surface area contributed by atoms with E-state index in [1.165, 1.54) is 43.3 Å². The molecule has 0 atom stereocenters. The van der Waals surface area contributed by atoms with E-state index in [1.54, 1.807) is 6.92 Å². The number of carbonyl (C=O) groups is 1. The smallest absolute Gasteiger partial charge is 0.343 e. The summed E-state index contributed by atoms with van der Waals surface area (Å²) in [5.74, 6) is -0.993. The lowest BCUT2D eigenvalue weighted by molar-refractivity contribution is -0.385. The lowest BCUT2D eigenvalue weighted by atomic mass is 10.1. The van der Waals surface area contributed by atoms with Gasteiger partial charge in [-0.2, -0.15) is 0 Å². The van der Waals surface area contributed by atoms with Crippen molar-refractivity contribution in [3.05, 3.63) is 73.3 Å². The fourth-order valence-electron chi connectivity index (χ4n) is 2.00. The van der Waals surface area contributed by atoms with Gasteiger partial charge in [-0.1, -0.05) is 6.07 Å². The molecule has 2 aromatic carbocycles. The van der Waals surface area contributed by atoms with Gasteiger partial charge in [-0.15, -0.1) is 0 Å². The number of hydrogen-bond donors (Lipinski definition) is 0. The van der Waals surface area contributed by atoms with E-state index in [-0.39, 0.29) is 22.7 Å². The summed E-state index contributed by atoms with van der Waals surface area (Å²) in [7, 11) is 0. The Kier molecular flexibility index (Phi) is 4.35. The van der Waals surface area contributed by atoms with E-state index in [4.69, 9.17) is 4.74 Å². The number of carbonyl (C=O) groups excluding carboxylic acids is 1. The molecule has 0 saturated carbocycles. The first-order chi connectivity index (χ1) is 10.8. The SMILES string of the molecule is Cc1ccc([N+](=O)[O-])c(OC(=O)c2ccc([N+](=O)[O-])c(C)c2)c1. The molecule has 0 heterocycles. The van der Waals surface area contributed by atoms with Crippen molar-refractivity contribution in [2.24, 2.45) is 0 Å². The Hall–Kier alpha value is -3.29. The molecule has 0 radical (unpaired) electrons. The van der Waals surface area contributed by atoms with Gasteiger partial charge in [0.05, 0.1) is 15.4 Å². The predicted molar refractivity (Wildman–Crippen MR) is 80.6 cm³/mol. The van der Waals surface area contributed by atoms with Gasteiger partial charge < -0.3 is 4.74 Å². The Morgan fingerprint density at radius 3 is 2.13 bits per heavy atom. The van der Waals surface area contributed by atoms with Crippen LogP contribution in [0, 0.1) is 34.1 Å². The van der Waals surface area contributed by atoms with Gasteiger partial charge in [0.2, 0.25) is 5.75 Å². The Morgan fingerprint density at radius 2 is 1.57 bits per heavy atom. The molecule has 118 valence electrons. The molecule has 0 aromatic heterocycles. The normalized spacial score (nSPS) is 10.2. The molecular formula is C15H12N2O6. The zero-order valence-corrected chi connectivity index (χ0v) is 12.3. The van der Waals surface area contributed by atoms with Gasteiger partial charge in [-0.05, 0) is 37.6 Å². The number of nitrogens with zero attached hydrogens (tertiary/aromatic N) is 2. The number of benzene rings is 2. The highest BCUT2D eigenvalue weighted by Crippen LogP contribution is 2.29. The summed E-state index contributed by atoms with van der Waals surface area (Å²) >= 11 is 0. The summed E-state index contributed by atoms with van der Waals surface area (Å²) < 4.78 is 5.08. The topological polar surface area (TPSA) is 113 Å². The number of hydrogen-bond acceptors (Lipinski definition) is 6. The van der Waals surface area contributed by atoms with Crippen LogP contribution in [0.1, 0.15) is 21.5 Å². The second kappa shape index (κ2) is 6.22. The van der Waals surface area contributed by atoms with Gasteiger partial charge in [0.1, 0.15) is 0 Å². The van der Waals surface area contributed by atoms with Crippen LogP contribution >= 0.6 is 0 Å². The van der Waals surface area contributed by atoms with E-state index in [2.05, 4.69) is 0 Å². The van der Waals surface area contributed by atoms with Crippen LogP contribution in [-0.4, -0.2) is 15.8 Å². The highest BCUT2D eigenvalue weighted by atomic mass is 16.6. The van der Waals surface area contributed by atoms with Gasteiger partial charge in [-0.25, -0.2) is 4.79 Å². The van der Waals surface area contributed by atoms with Crippen LogP contribution in [0.3, 0.4) is 0 Å². The zero-order chi connectivity index (χ0) is 17.1. The fourth-order valence-corrected chi connectivity index (χ4v) is 2.00. The van der Waals surface area contributed by atoms with Gasteiger partial charge >= 0.3 is 11.7 Å². The van der Waals surface area contributed by atoms with E-state index >= 15 is 0 Å². The van der Waals surface area contributed by atoms with Crippen LogP contribution in [0.25, 0.3) is 0 Å². The van der Waals surface area contributed by atoms with Crippen LogP contribution in [0.5, 0.6) is 5.75 Å². The third kappa shape index (κ3) is 3.49. The largest absolute Gasteiger partial charge is 0.416 e. The van der Waals surface area contributed by atoms with E-state index in [9.17, 15) is 25.0 Å². The van der Waals surface area contributed by atoms with Crippen molar-refractivity contribution in [2.75, 3.05) is 0 Å². The summed E-state index contributed by atoms with van der Waals surface area (Å²) in [4.78, 5) is 32.6. The summed E-state index contributed by atoms with van der Waals surface area (Å²) in [6.45, 7) is 3.20. The maximum absolute atomic E-state index is 12.1. The maximum atomic E-state index is 12.1. The molecule has 0 aliphatic heterocycles. The van der Waals surface area contributed by atoms with E-state index < -0.39 is 15.8 Å². The average molecular weight is 316 g/mol. The van der Waals surface area contributed by atoms with Crippen molar-refractivity contribution in [3.63, 3.8) is 0 Å². The van der Waals surface area contributed by atoms with Crippen molar-refractivity contribution >= 4 is 17.3 Å². The molecule has 0 aliphatic carbocycles. The number of nitro groups is 2. The van der Waals surface area contributed by atoms with Gasteiger partial charge in [-0.3, -0.25) is 20.2 Å². The minimum absolute atomic E-state index is 0.0731. The molecule has 0 spiro atoms. The molecule has 8 nitrogen and oxygen atoms in total. The van der Waals surface area contributed by atoms with Gasteiger partial charge in [0.25, 0.3) is 5.69 Å². The fraction of sp³-hybridized carbons (Fsp3) is 0.133. The van der Waals surface area contributed by atoms with Gasteiger partial charge in [0.15, 0.2) is 0 Å². The van der Waals surface area contributed by atoms with Crippen LogP contribution in [-0.2, 0) is 0 Å². The molecule has 8 heteroatoms. The quantitative estimate of drug-likeness (QED) is 0.370. The second-order valence-corrected chi connectivity index (χ2v) is 4.88. The molecule has 0 fully saturated rings. The third-order valence-electron chi connectivity index (χ3n) is 3.14. The minimum atomic E-state index is -0.823. The summed E-state index contributed by atoms with van der Waals surface area (Å²) in [5.41, 5.74) is 0.607. The molecule has 0 bridgehead atoms. The van der Waals surface area contributed by atoms with Crippen LogP contribution in [0.4, 0.5) is 11.4 Å². The molecule has 0 N–H and O–H groups in total. The van der Waals surface area contributed by atoms with Crippen LogP contribution in [0.15, 0.2) is 36.4 Å². The van der Waals surface area contributed by atoms with E-state index in [1.807, 2.05) is 0 Å². The molecule has 2 rings (SSSR count). The third-order valence-corrected chi connectivity index (χ3v) is 3.14. The monoisotopic (exact) mass is 316 g/mol. The summed E-state index contributed by atoms with van der Waals surface area (Å²) in [6.07, 6.45) is 0. The molecule has 23 heavy (non-hydrogen) atoms. The minimum Gasteiger partial charge on any atom is -0.416 e. The highest BCUT2D eigenvalue weighted by Gasteiger charge is 2.20. The molecular weight excluding hydrogens is 304 g/mol. The zero-order valence-electron chi connectivity index (χ0n) is 12.3. The predicted octanol–water partition coefficient (Wildman–Crippen LogP) is 3.34. The molecule has 0 saturated heterocycles. The van der Waals surface area contributed by atoms with Crippen molar-refractivity contribution < 1.29 is 19.4 Å². The number of ether oxygens (including phenoxy) is 1. The highest BCUT2D eigenvalue weighted by molar-refractivity contribution is 5.92. The first-order valence-corrected chi connectivity index (χ1v) is 6.52. The van der Waals surface area contributed by atoms with Crippen LogP contribution in [0.2, 0.25) is 0 Å². The molecule has 0 unspecified atom stereocenters. The first kappa shape index (κ1) is 16.1. The number of esters is 1. The molecule has 0 aliphatic rings. The molecule has 0 amide bonds. The Bertz CT molecular complexity index is 816. The average Bonchev–Trinajstić information content (AvgIpc) is 2.46. The number of nitro benzene ring substituents is 2.